The molecule has 3 fully saturated rings. The monoisotopic (exact) mass is 325 g/mol. The van der Waals surface area contributed by atoms with Gasteiger partial charge in [-0.1, -0.05) is 13.8 Å². The molecule has 3 N–H and O–H groups in total. The van der Waals surface area contributed by atoms with E-state index in [0.717, 1.165) is 12.8 Å². The first kappa shape index (κ1) is 17.3. The molecule has 3 aliphatic rings. The molecule has 5 heteroatoms. The first-order chi connectivity index (χ1) is 10.9. The maximum Gasteiger partial charge on any atom is 0.133 e. The van der Waals surface area contributed by atoms with Crippen molar-refractivity contribution in [3.63, 3.8) is 0 Å². The molecule has 1 saturated heterocycles. The Morgan fingerprint density at radius 3 is 2.65 bits per heavy atom. The van der Waals surface area contributed by atoms with Crippen LogP contribution in [0.1, 0.15) is 59.3 Å². The molecule has 5 nitrogen and oxygen atoms in total. The number of carbonyl (C=O) groups excluding carboxylic acids is 1. The van der Waals surface area contributed by atoms with Crippen LogP contribution in [0.2, 0.25) is 0 Å². The van der Waals surface area contributed by atoms with Crippen molar-refractivity contribution in [2.45, 2.75) is 83.1 Å². The topological polar surface area (TPSA) is 78.8 Å². The Morgan fingerprint density at radius 2 is 2.04 bits per heavy atom. The minimum Gasteiger partial charge on any atom is -0.390 e. The van der Waals surface area contributed by atoms with E-state index in [2.05, 4.69) is 26.1 Å². The van der Waals surface area contributed by atoms with Gasteiger partial charge in [0.2, 0.25) is 0 Å². The fourth-order valence-electron chi connectivity index (χ4n) is 5.90. The Morgan fingerprint density at radius 1 is 1.30 bits per heavy atom. The first-order valence-corrected chi connectivity index (χ1v) is 9.13. The van der Waals surface area contributed by atoms with E-state index in [0.29, 0.717) is 32.4 Å². The molecule has 1 heterocycles. The van der Waals surface area contributed by atoms with Gasteiger partial charge in [-0.25, -0.2) is 0 Å². The standard InChI is InChI=1S/C18H31NO4/c1-4-17(15-11(2)5-6-14(21)16(15)22)9-13(20)7-8-18(17)12(3)19-10-23-18/h11-12,14-16,19,21-22H,4-10H2,1-3H3. The van der Waals surface area contributed by atoms with Crippen LogP contribution in [0.3, 0.4) is 0 Å². The molecule has 2 saturated carbocycles. The van der Waals surface area contributed by atoms with Gasteiger partial charge in [-0.05, 0) is 44.4 Å². The highest BCUT2D eigenvalue weighted by Gasteiger charge is 2.65. The van der Waals surface area contributed by atoms with Crippen molar-refractivity contribution in [3.8, 4) is 0 Å². The van der Waals surface area contributed by atoms with Gasteiger partial charge in [-0.2, -0.15) is 0 Å². The first-order valence-electron chi connectivity index (χ1n) is 9.13. The minimum absolute atomic E-state index is 0.108. The minimum atomic E-state index is -0.780. The van der Waals surface area contributed by atoms with Gasteiger partial charge in [-0.15, -0.1) is 0 Å². The van der Waals surface area contributed by atoms with Crippen LogP contribution in [-0.2, 0) is 9.53 Å². The maximum absolute atomic E-state index is 12.4. The Labute approximate surface area is 138 Å². The summed E-state index contributed by atoms with van der Waals surface area (Å²) in [6, 6.07) is 0.147. The van der Waals surface area contributed by atoms with Crippen LogP contribution >= 0.6 is 0 Å². The molecular formula is C18H31NO4. The number of ether oxygens (including phenoxy) is 1. The number of aliphatic hydroxyl groups is 2. The lowest BCUT2D eigenvalue weighted by atomic mass is 9.48. The molecule has 0 bridgehead atoms. The summed E-state index contributed by atoms with van der Waals surface area (Å²) in [5.41, 5.74) is -0.835. The molecule has 0 aromatic heterocycles. The highest BCUT2D eigenvalue weighted by atomic mass is 16.5. The fraction of sp³-hybridized carbons (Fsp3) is 0.944. The smallest absolute Gasteiger partial charge is 0.133 e. The lowest BCUT2D eigenvalue weighted by molar-refractivity contribution is -0.210. The van der Waals surface area contributed by atoms with E-state index in [-0.39, 0.29) is 23.7 Å². The Hall–Kier alpha value is -0.490. The summed E-state index contributed by atoms with van der Waals surface area (Å²) in [7, 11) is 0. The third-order valence-electron chi connectivity index (χ3n) is 7.11. The van der Waals surface area contributed by atoms with Crippen molar-refractivity contribution < 1.29 is 19.7 Å². The second kappa shape index (κ2) is 6.10. The summed E-state index contributed by atoms with van der Waals surface area (Å²) < 4.78 is 6.28. The Balaban J connectivity index is 2.09. The molecule has 1 aliphatic heterocycles. The molecule has 7 atom stereocenters. The molecule has 0 aromatic carbocycles. The van der Waals surface area contributed by atoms with Crippen LogP contribution in [-0.4, -0.2) is 46.6 Å². The summed E-state index contributed by atoms with van der Waals surface area (Å²) >= 11 is 0. The van der Waals surface area contributed by atoms with E-state index in [9.17, 15) is 15.0 Å². The summed E-state index contributed by atoms with van der Waals surface area (Å²) in [6.07, 6.45) is 2.53. The van der Waals surface area contributed by atoms with Crippen molar-refractivity contribution in [1.29, 1.82) is 0 Å². The average Bonchev–Trinajstić information content (AvgIpc) is 2.89. The quantitative estimate of drug-likeness (QED) is 0.719. The van der Waals surface area contributed by atoms with Crippen LogP contribution in [0.25, 0.3) is 0 Å². The normalized spacial score (nSPS) is 51.3. The molecule has 1 spiro atoms. The maximum atomic E-state index is 12.4. The Kier molecular flexibility index (Phi) is 4.60. The summed E-state index contributed by atoms with van der Waals surface area (Å²) in [5, 5.41) is 24.5. The molecule has 2 aliphatic carbocycles. The molecule has 23 heavy (non-hydrogen) atoms. The van der Waals surface area contributed by atoms with E-state index >= 15 is 0 Å². The van der Waals surface area contributed by atoms with E-state index in [4.69, 9.17) is 4.74 Å². The van der Waals surface area contributed by atoms with Crippen LogP contribution in [0.4, 0.5) is 0 Å². The van der Waals surface area contributed by atoms with E-state index in [1.54, 1.807) is 0 Å². The van der Waals surface area contributed by atoms with E-state index in [1.165, 1.54) is 0 Å². The lowest BCUT2D eigenvalue weighted by Gasteiger charge is -2.59. The van der Waals surface area contributed by atoms with E-state index in [1.807, 2.05) is 0 Å². The van der Waals surface area contributed by atoms with Gasteiger partial charge in [0.15, 0.2) is 0 Å². The number of aliphatic hydroxyl groups excluding tert-OH is 2. The number of ketones is 1. The van der Waals surface area contributed by atoms with Crippen LogP contribution in [0.15, 0.2) is 0 Å². The van der Waals surface area contributed by atoms with Gasteiger partial charge in [0.25, 0.3) is 0 Å². The number of hydrogen-bond acceptors (Lipinski definition) is 5. The highest BCUT2D eigenvalue weighted by Crippen LogP contribution is 2.59. The summed E-state index contributed by atoms with van der Waals surface area (Å²) in [5.74, 6) is 0.426. The second-order valence-corrected chi connectivity index (χ2v) is 7.97. The predicted octanol–water partition coefficient (Wildman–Crippen LogP) is 1.61. The van der Waals surface area contributed by atoms with Crippen molar-refractivity contribution in [3.05, 3.63) is 0 Å². The van der Waals surface area contributed by atoms with Crippen molar-refractivity contribution in [1.82, 2.24) is 5.32 Å². The second-order valence-electron chi connectivity index (χ2n) is 7.97. The number of nitrogens with one attached hydrogen (secondary N) is 1. The zero-order chi connectivity index (χ0) is 16.8. The van der Waals surface area contributed by atoms with E-state index < -0.39 is 23.2 Å². The molecular weight excluding hydrogens is 294 g/mol. The fourth-order valence-corrected chi connectivity index (χ4v) is 5.90. The third kappa shape index (κ3) is 2.39. The van der Waals surface area contributed by atoms with Crippen LogP contribution in [0.5, 0.6) is 0 Å². The number of Topliss-reactive ketones (excluding diaryl/α,β-unsaturated/α-hetero) is 1. The number of hydrogen-bond donors (Lipinski definition) is 3. The third-order valence-corrected chi connectivity index (χ3v) is 7.11. The van der Waals surface area contributed by atoms with Crippen LogP contribution in [0, 0.1) is 17.3 Å². The molecule has 3 rings (SSSR count). The highest BCUT2D eigenvalue weighted by molar-refractivity contribution is 5.80. The van der Waals surface area contributed by atoms with Gasteiger partial charge in [0, 0.05) is 24.3 Å². The summed E-state index contributed by atoms with van der Waals surface area (Å²) in [4.78, 5) is 12.4. The zero-order valence-corrected chi connectivity index (χ0v) is 14.5. The summed E-state index contributed by atoms with van der Waals surface area (Å²) in [6.45, 7) is 6.88. The predicted molar refractivity (Wildman–Crippen MR) is 86.8 cm³/mol. The van der Waals surface area contributed by atoms with Crippen LogP contribution < -0.4 is 5.32 Å². The molecule has 0 amide bonds. The van der Waals surface area contributed by atoms with Gasteiger partial charge in [-0.3, -0.25) is 10.1 Å². The van der Waals surface area contributed by atoms with Crippen molar-refractivity contribution in [2.75, 3.05) is 6.73 Å². The Bertz CT molecular complexity index is 470. The van der Waals surface area contributed by atoms with Gasteiger partial charge < -0.3 is 14.9 Å². The molecule has 0 radical (unpaired) electrons. The van der Waals surface area contributed by atoms with Gasteiger partial charge >= 0.3 is 0 Å². The molecule has 7 unspecified atom stereocenters. The van der Waals surface area contributed by atoms with Gasteiger partial charge in [0.05, 0.1) is 24.5 Å². The van der Waals surface area contributed by atoms with Crippen molar-refractivity contribution >= 4 is 5.78 Å². The molecule has 132 valence electrons. The lowest BCUT2D eigenvalue weighted by Crippen LogP contribution is -2.66. The number of rotatable bonds is 2. The largest absolute Gasteiger partial charge is 0.390 e. The number of carbonyl (C=O) groups is 1. The average molecular weight is 325 g/mol. The molecule has 0 aromatic rings. The zero-order valence-electron chi connectivity index (χ0n) is 14.5. The van der Waals surface area contributed by atoms with Crippen molar-refractivity contribution in [2.24, 2.45) is 17.3 Å². The SMILES string of the molecule is CCC1(C2C(C)CCC(O)C2O)CC(=O)CCC12OCNC2C. The van der Waals surface area contributed by atoms with Gasteiger partial charge in [0.1, 0.15) is 5.78 Å².